The SMILES string of the molecule is CC(=O)C1CC1c1cc(F)ccc1Oc1cncnc1N1CCC2(CCCC2)C1. The Morgan fingerprint density at radius 1 is 1.24 bits per heavy atom. The molecule has 0 radical (unpaired) electrons. The summed E-state index contributed by atoms with van der Waals surface area (Å²) >= 11 is 0. The number of ketones is 1. The zero-order chi connectivity index (χ0) is 20.0. The van der Waals surface area contributed by atoms with E-state index in [9.17, 15) is 9.18 Å². The molecule has 2 heterocycles. The normalized spacial score (nSPS) is 24.8. The minimum Gasteiger partial charge on any atom is -0.452 e. The van der Waals surface area contributed by atoms with Crippen LogP contribution in [0.15, 0.2) is 30.7 Å². The van der Waals surface area contributed by atoms with Crippen LogP contribution in [0.4, 0.5) is 10.2 Å². The molecule has 2 atom stereocenters. The number of carbonyl (C=O) groups excluding carboxylic acids is 1. The average molecular weight is 395 g/mol. The number of ether oxygens (including phenoxy) is 1. The summed E-state index contributed by atoms with van der Waals surface area (Å²) in [4.78, 5) is 22.7. The summed E-state index contributed by atoms with van der Waals surface area (Å²) in [6.45, 7) is 3.57. The van der Waals surface area contributed by atoms with Gasteiger partial charge >= 0.3 is 0 Å². The van der Waals surface area contributed by atoms with Crippen LogP contribution >= 0.6 is 0 Å². The van der Waals surface area contributed by atoms with Crippen molar-refractivity contribution < 1.29 is 13.9 Å². The van der Waals surface area contributed by atoms with E-state index in [1.165, 1.54) is 44.2 Å². The van der Waals surface area contributed by atoms with E-state index in [2.05, 4.69) is 14.9 Å². The van der Waals surface area contributed by atoms with Crippen molar-refractivity contribution in [2.45, 2.75) is 51.4 Å². The second-order valence-electron chi connectivity index (χ2n) is 8.93. The Bertz CT molecular complexity index is 941. The summed E-state index contributed by atoms with van der Waals surface area (Å²) in [5, 5.41) is 0. The van der Waals surface area contributed by atoms with Gasteiger partial charge in [-0.25, -0.2) is 14.4 Å². The van der Waals surface area contributed by atoms with Gasteiger partial charge in [0.1, 0.15) is 23.7 Å². The highest BCUT2D eigenvalue weighted by Gasteiger charge is 2.44. The van der Waals surface area contributed by atoms with Gasteiger partial charge in [0, 0.05) is 24.6 Å². The van der Waals surface area contributed by atoms with Crippen LogP contribution in [0, 0.1) is 17.2 Å². The van der Waals surface area contributed by atoms with E-state index in [4.69, 9.17) is 4.74 Å². The second-order valence-corrected chi connectivity index (χ2v) is 8.93. The summed E-state index contributed by atoms with van der Waals surface area (Å²) in [6.07, 6.45) is 10.4. The Labute approximate surface area is 170 Å². The van der Waals surface area contributed by atoms with Gasteiger partial charge in [0.05, 0.1) is 6.20 Å². The maximum Gasteiger partial charge on any atom is 0.188 e. The van der Waals surface area contributed by atoms with Crippen LogP contribution in [-0.4, -0.2) is 28.8 Å². The number of rotatable bonds is 5. The van der Waals surface area contributed by atoms with Crippen LogP contribution in [0.2, 0.25) is 0 Å². The molecule has 5 rings (SSSR count). The Balaban J connectivity index is 1.42. The summed E-state index contributed by atoms with van der Waals surface area (Å²) in [7, 11) is 0. The third-order valence-corrected chi connectivity index (χ3v) is 6.96. The van der Waals surface area contributed by atoms with E-state index < -0.39 is 0 Å². The number of hydrogen-bond acceptors (Lipinski definition) is 5. The molecule has 1 spiro atoms. The largest absolute Gasteiger partial charge is 0.452 e. The molecular formula is C23H26FN3O2. The summed E-state index contributed by atoms with van der Waals surface area (Å²) in [5.41, 5.74) is 1.18. The van der Waals surface area contributed by atoms with Gasteiger partial charge in [-0.15, -0.1) is 0 Å². The lowest BCUT2D eigenvalue weighted by atomic mass is 9.86. The fourth-order valence-electron chi connectivity index (χ4n) is 5.28. The molecule has 3 aliphatic rings. The lowest BCUT2D eigenvalue weighted by Crippen LogP contribution is -2.26. The topological polar surface area (TPSA) is 55.3 Å². The molecule has 2 aliphatic carbocycles. The van der Waals surface area contributed by atoms with Crippen molar-refractivity contribution in [3.8, 4) is 11.5 Å². The molecule has 0 N–H and O–H groups in total. The molecule has 152 valence electrons. The predicted octanol–water partition coefficient (Wildman–Crippen LogP) is 4.87. The highest BCUT2D eigenvalue weighted by molar-refractivity contribution is 5.82. The smallest absolute Gasteiger partial charge is 0.188 e. The predicted molar refractivity (Wildman–Crippen MR) is 108 cm³/mol. The number of Topliss-reactive ketones (excluding diaryl/α,β-unsaturated/α-hetero) is 1. The van der Waals surface area contributed by atoms with Gasteiger partial charge in [-0.05, 0) is 62.1 Å². The van der Waals surface area contributed by atoms with Crippen molar-refractivity contribution in [3.05, 3.63) is 42.1 Å². The van der Waals surface area contributed by atoms with Gasteiger partial charge in [0.2, 0.25) is 0 Å². The first-order valence-electron chi connectivity index (χ1n) is 10.6. The first-order chi connectivity index (χ1) is 14.0. The molecule has 3 fully saturated rings. The molecule has 1 aromatic heterocycles. The Kier molecular flexibility index (Phi) is 4.52. The van der Waals surface area contributed by atoms with Crippen molar-refractivity contribution >= 4 is 11.6 Å². The van der Waals surface area contributed by atoms with Gasteiger partial charge in [0.15, 0.2) is 11.6 Å². The van der Waals surface area contributed by atoms with Gasteiger partial charge in [-0.2, -0.15) is 0 Å². The lowest BCUT2D eigenvalue weighted by molar-refractivity contribution is -0.118. The molecule has 2 aromatic rings. The van der Waals surface area contributed by atoms with E-state index in [0.29, 0.717) is 16.9 Å². The van der Waals surface area contributed by atoms with Crippen LogP contribution in [0.5, 0.6) is 11.5 Å². The van der Waals surface area contributed by atoms with Gasteiger partial charge < -0.3 is 9.64 Å². The van der Waals surface area contributed by atoms with E-state index in [1.54, 1.807) is 25.5 Å². The number of carbonyl (C=O) groups is 1. The minimum absolute atomic E-state index is 0.0276. The van der Waals surface area contributed by atoms with E-state index in [0.717, 1.165) is 30.9 Å². The molecule has 1 aromatic carbocycles. The van der Waals surface area contributed by atoms with Gasteiger partial charge in [-0.3, -0.25) is 4.79 Å². The number of benzene rings is 1. The van der Waals surface area contributed by atoms with Crippen molar-refractivity contribution in [1.82, 2.24) is 9.97 Å². The first-order valence-corrected chi connectivity index (χ1v) is 10.6. The molecular weight excluding hydrogens is 369 g/mol. The second kappa shape index (κ2) is 7.08. The van der Waals surface area contributed by atoms with Crippen LogP contribution in [0.3, 0.4) is 0 Å². The van der Waals surface area contributed by atoms with Crippen LogP contribution in [-0.2, 0) is 4.79 Å². The fourth-order valence-corrected chi connectivity index (χ4v) is 5.28. The van der Waals surface area contributed by atoms with Crippen molar-refractivity contribution in [2.75, 3.05) is 18.0 Å². The first kappa shape index (κ1) is 18.5. The molecule has 0 amide bonds. The third kappa shape index (κ3) is 3.49. The number of nitrogens with zero attached hydrogens (tertiary/aromatic N) is 3. The monoisotopic (exact) mass is 395 g/mol. The van der Waals surface area contributed by atoms with Crippen LogP contribution < -0.4 is 9.64 Å². The van der Waals surface area contributed by atoms with E-state index in [-0.39, 0.29) is 23.4 Å². The number of aromatic nitrogens is 2. The third-order valence-electron chi connectivity index (χ3n) is 6.96. The summed E-state index contributed by atoms with van der Waals surface area (Å²) in [6, 6.07) is 4.55. The van der Waals surface area contributed by atoms with Crippen molar-refractivity contribution in [2.24, 2.45) is 11.3 Å². The highest BCUT2D eigenvalue weighted by atomic mass is 19.1. The van der Waals surface area contributed by atoms with Gasteiger partial charge in [0.25, 0.3) is 0 Å². The summed E-state index contributed by atoms with van der Waals surface area (Å²) < 4.78 is 20.2. The Morgan fingerprint density at radius 2 is 2.07 bits per heavy atom. The molecule has 2 saturated carbocycles. The molecule has 0 bridgehead atoms. The maximum absolute atomic E-state index is 13.9. The lowest BCUT2D eigenvalue weighted by Gasteiger charge is -2.25. The number of hydrogen-bond donors (Lipinski definition) is 0. The molecule has 1 saturated heterocycles. The van der Waals surface area contributed by atoms with Gasteiger partial charge in [-0.1, -0.05) is 12.8 Å². The minimum atomic E-state index is -0.311. The number of halogens is 1. The van der Waals surface area contributed by atoms with E-state index >= 15 is 0 Å². The zero-order valence-electron chi connectivity index (χ0n) is 16.7. The quantitative estimate of drug-likeness (QED) is 0.723. The summed E-state index contributed by atoms with van der Waals surface area (Å²) in [5.74, 6) is 1.81. The molecule has 1 aliphatic heterocycles. The standard InChI is InChI=1S/C23H26FN3O2/c1-15(28)17-11-18(17)19-10-16(24)4-5-20(19)29-21-12-25-14-26-22(21)27-9-8-23(13-27)6-2-3-7-23/h4-5,10,12,14,17-18H,2-3,6-9,11,13H2,1H3. The highest BCUT2D eigenvalue weighted by Crippen LogP contribution is 2.52. The Morgan fingerprint density at radius 3 is 2.83 bits per heavy atom. The maximum atomic E-state index is 13.9. The number of anilines is 1. The zero-order valence-corrected chi connectivity index (χ0v) is 16.7. The average Bonchev–Trinajstić information content (AvgIpc) is 3.22. The van der Waals surface area contributed by atoms with Crippen LogP contribution in [0.1, 0.15) is 56.9 Å². The van der Waals surface area contributed by atoms with Crippen LogP contribution in [0.25, 0.3) is 0 Å². The van der Waals surface area contributed by atoms with E-state index in [1.807, 2.05) is 0 Å². The molecule has 29 heavy (non-hydrogen) atoms. The molecule has 2 unspecified atom stereocenters. The fraction of sp³-hybridized carbons (Fsp3) is 0.522. The molecule has 6 heteroatoms. The Hall–Kier alpha value is -2.50. The van der Waals surface area contributed by atoms with Crippen molar-refractivity contribution in [1.29, 1.82) is 0 Å². The molecule has 5 nitrogen and oxygen atoms in total. The van der Waals surface area contributed by atoms with Crippen molar-refractivity contribution in [3.63, 3.8) is 0 Å².